The van der Waals surface area contributed by atoms with Crippen LogP contribution in [0.15, 0.2) is 41.2 Å². The summed E-state index contributed by atoms with van der Waals surface area (Å²) in [4.78, 5) is 23.5. The minimum absolute atomic E-state index is 0.150. The van der Waals surface area contributed by atoms with Crippen molar-refractivity contribution in [2.75, 3.05) is 6.54 Å². The number of nitrogens with zero attached hydrogens (tertiary/aromatic N) is 3. The van der Waals surface area contributed by atoms with Gasteiger partial charge in [0.2, 0.25) is 5.91 Å². The number of carbonyl (C=O) groups excluding carboxylic acids is 2. The molecule has 3 heterocycles. The number of hydrogen-bond donors (Lipinski definition) is 2. The number of thiophene rings is 1. The van der Waals surface area contributed by atoms with Gasteiger partial charge in [-0.25, -0.2) is 0 Å². The van der Waals surface area contributed by atoms with Crippen LogP contribution in [0.1, 0.15) is 22.6 Å². The van der Waals surface area contributed by atoms with E-state index in [0.717, 1.165) is 5.65 Å². The van der Waals surface area contributed by atoms with Gasteiger partial charge in [0.25, 0.3) is 5.91 Å². The van der Waals surface area contributed by atoms with E-state index in [1.165, 1.54) is 11.3 Å². The highest BCUT2D eigenvalue weighted by Crippen LogP contribution is 2.05. The van der Waals surface area contributed by atoms with Crippen molar-refractivity contribution in [2.45, 2.75) is 13.0 Å². The maximum Gasteiger partial charge on any atom is 0.252 e. The SMILES string of the molecule is O=C(CCNC(=O)c1ccsc1)NCc1nnc2ccccn12. The lowest BCUT2D eigenvalue weighted by molar-refractivity contribution is -0.121. The Morgan fingerprint density at radius 3 is 2.91 bits per heavy atom. The maximum atomic E-state index is 11.8. The molecular weight excluding hydrogens is 314 g/mol. The van der Waals surface area contributed by atoms with Gasteiger partial charge in [0.15, 0.2) is 11.5 Å². The largest absolute Gasteiger partial charge is 0.351 e. The minimum Gasteiger partial charge on any atom is -0.351 e. The number of rotatable bonds is 6. The summed E-state index contributed by atoms with van der Waals surface area (Å²) >= 11 is 1.46. The first-order valence-corrected chi connectivity index (χ1v) is 8.04. The summed E-state index contributed by atoms with van der Waals surface area (Å²) in [7, 11) is 0. The first-order valence-electron chi connectivity index (χ1n) is 7.10. The molecule has 0 unspecified atom stereocenters. The molecule has 23 heavy (non-hydrogen) atoms. The molecule has 2 N–H and O–H groups in total. The Morgan fingerprint density at radius 2 is 2.09 bits per heavy atom. The lowest BCUT2D eigenvalue weighted by atomic mass is 10.3. The summed E-state index contributed by atoms with van der Waals surface area (Å²) in [5, 5.41) is 17.1. The molecule has 0 aliphatic carbocycles. The van der Waals surface area contributed by atoms with Crippen molar-refractivity contribution in [3.05, 3.63) is 52.6 Å². The van der Waals surface area contributed by atoms with Crippen LogP contribution < -0.4 is 10.6 Å². The van der Waals surface area contributed by atoms with E-state index in [-0.39, 0.29) is 18.2 Å². The lowest BCUT2D eigenvalue weighted by Gasteiger charge is -2.05. The molecule has 3 aromatic heterocycles. The van der Waals surface area contributed by atoms with Gasteiger partial charge in [-0.3, -0.25) is 14.0 Å². The molecule has 3 rings (SSSR count). The van der Waals surface area contributed by atoms with Gasteiger partial charge in [0.1, 0.15) is 0 Å². The summed E-state index contributed by atoms with van der Waals surface area (Å²) in [5.74, 6) is 0.349. The molecule has 0 aliphatic rings. The van der Waals surface area contributed by atoms with Crippen molar-refractivity contribution in [2.24, 2.45) is 0 Å². The van der Waals surface area contributed by atoms with Gasteiger partial charge in [-0.05, 0) is 23.6 Å². The second kappa shape index (κ2) is 7.01. The third-order valence-corrected chi connectivity index (χ3v) is 3.93. The highest BCUT2D eigenvalue weighted by atomic mass is 32.1. The van der Waals surface area contributed by atoms with Gasteiger partial charge < -0.3 is 10.6 Å². The molecule has 3 aromatic rings. The Kier molecular flexibility index (Phi) is 4.62. The molecule has 2 amide bonds. The van der Waals surface area contributed by atoms with Crippen LogP contribution in [0.5, 0.6) is 0 Å². The molecular formula is C15H15N5O2S. The summed E-state index contributed by atoms with van der Waals surface area (Å²) in [6.45, 7) is 0.587. The van der Waals surface area contributed by atoms with E-state index >= 15 is 0 Å². The number of nitrogens with one attached hydrogen (secondary N) is 2. The number of pyridine rings is 1. The third-order valence-electron chi connectivity index (χ3n) is 3.25. The Labute approximate surface area is 136 Å². The van der Waals surface area contributed by atoms with E-state index in [9.17, 15) is 9.59 Å². The van der Waals surface area contributed by atoms with Gasteiger partial charge >= 0.3 is 0 Å². The lowest BCUT2D eigenvalue weighted by Crippen LogP contribution is -2.30. The average molecular weight is 329 g/mol. The van der Waals surface area contributed by atoms with Crippen LogP contribution >= 0.6 is 11.3 Å². The molecule has 0 fully saturated rings. The molecule has 118 valence electrons. The van der Waals surface area contributed by atoms with E-state index < -0.39 is 0 Å². The van der Waals surface area contributed by atoms with Gasteiger partial charge in [0, 0.05) is 30.1 Å². The fourth-order valence-corrected chi connectivity index (χ4v) is 2.70. The van der Waals surface area contributed by atoms with Crippen molar-refractivity contribution >= 4 is 28.8 Å². The second-order valence-electron chi connectivity index (χ2n) is 4.84. The Balaban J connectivity index is 1.44. The predicted octanol–water partition coefficient (Wildman–Crippen LogP) is 1.23. The summed E-state index contributed by atoms with van der Waals surface area (Å²) in [5.41, 5.74) is 1.35. The smallest absolute Gasteiger partial charge is 0.252 e. The van der Waals surface area contributed by atoms with Crippen LogP contribution in [-0.2, 0) is 11.3 Å². The highest BCUT2D eigenvalue weighted by Gasteiger charge is 2.08. The van der Waals surface area contributed by atoms with Crippen molar-refractivity contribution in [3.63, 3.8) is 0 Å². The zero-order chi connectivity index (χ0) is 16.1. The molecule has 0 aromatic carbocycles. The summed E-state index contributed by atoms with van der Waals surface area (Å²) in [6.07, 6.45) is 2.06. The van der Waals surface area contributed by atoms with Gasteiger partial charge in [-0.15, -0.1) is 10.2 Å². The molecule has 0 saturated heterocycles. The minimum atomic E-state index is -0.164. The molecule has 0 bridgehead atoms. The van der Waals surface area contributed by atoms with E-state index in [4.69, 9.17) is 0 Å². The van der Waals surface area contributed by atoms with Gasteiger partial charge in [0.05, 0.1) is 6.54 Å². The summed E-state index contributed by atoms with van der Waals surface area (Å²) in [6, 6.07) is 7.35. The van der Waals surface area contributed by atoms with Crippen LogP contribution in [0.3, 0.4) is 0 Å². The molecule has 8 heteroatoms. The fraction of sp³-hybridized carbons (Fsp3) is 0.200. The standard InChI is InChI=1S/C15H15N5O2S/c21-14(4-6-16-15(22)11-5-8-23-10-11)17-9-13-19-18-12-3-1-2-7-20(12)13/h1-3,5,7-8,10H,4,6,9H2,(H,16,22)(H,17,21). The number of carbonyl (C=O) groups is 2. The Hall–Kier alpha value is -2.74. The quantitative estimate of drug-likeness (QED) is 0.712. The zero-order valence-electron chi connectivity index (χ0n) is 12.2. The predicted molar refractivity (Wildman–Crippen MR) is 86.1 cm³/mol. The van der Waals surface area contributed by atoms with E-state index in [1.807, 2.05) is 34.2 Å². The molecule has 0 atom stereocenters. The molecule has 0 spiro atoms. The first-order chi connectivity index (χ1) is 11.2. The topological polar surface area (TPSA) is 88.4 Å². The molecule has 0 saturated carbocycles. The molecule has 7 nitrogen and oxygen atoms in total. The molecule has 0 radical (unpaired) electrons. The molecule has 0 aliphatic heterocycles. The monoisotopic (exact) mass is 329 g/mol. The number of fused-ring (bicyclic) bond motifs is 1. The Morgan fingerprint density at radius 1 is 1.17 bits per heavy atom. The average Bonchev–Trinajstić information content (AvgIpc) is 3.23. The highest BCUT2D eigenvalue weighted by molar-refractivity contribution is 7.08. The van der Waals surface area contributed by atoms with Crippen molar-refractivity contribution in [1.82, 2.24) is 25.2 Å². The van der Waals surface area contributed by atoms with Crippen LogP contribution in [0.4, 0.5) is 0 Å². The van der Waals surface area contributed by atoms with E-state index in [0.29, 0.717) is 24.5 Å². The van der Waals surface area contributed by atoms with Crippen LogP contribution in [0.25, 0.3) is 5.65 Å². The van der Waals surface area contributed by atoms with E-state index in [2.05, 4.69) is 20.8 Å². The van der Waals surface area contributed by atoms with Crippen molar-refractivity contribution < 1.29 is 9.59 Å². The summed E-state index contributed by atoms with van der Waals surface area (Å²) < 4.78 is 1.82. The van der Waals surface area contributed by atoms with Crippen molar-refractivity contribution in [1.29, 1.82) is 0 Å². The zero-order valence-corrected chi connectivity index (χ0v) is 13.0. The first kappa shape index (κ1) is 15.2. The number of aromatic nitrogens is 3. The number of amides is 2. The maximum absolute atomic E-state index is 11.8. The Bertz CT molecular complexity index is 812. The number of hydrogen-bond acceptors (Lipinski definition) is 5. The van der Waals surface area contributed by atoms with Gasteiger partial charge in [-0.2, -0.15) is 11.3 Å². The van der Waals surface area contributed by atoms with Gasteiger partial charge in [-0.1, -0.05) is 6.07 Å². The van der Waals surface area contributed by atoms with Crippen LogP contribution in [-0.4, -0.2) is 33.0 Å². The second-order valence-corrected chi connectivity index (χ2v) is 5.62. The van der Waals surface area contributed by atoms with Crippen molar-refractivity contribution in [3.8, 4) is 0 Å². The third kappa shape index (κ3) is 3.72. The fourth-order valence-electron chi connectivity index (χ4n) is 2.06. The normalized spacial score (nSPS) is 10.6. The van der Waals surface area contributed by atoms with E-state index in [1.54, 1.807) is 11.4 Å². The van der Waals surface area contributed by atoms with Crippen LogP contribution in [0.2, 0.25) is 0 Å². The van der Waals surface area contributed by atoms with Crippen LogP contribution in [0, 0.1) is 0 Å².